The molecule has 43 heavy (non-hydrogen) atoms. The summed E-state index contributed by atoms with van der Waals surface area (Å²) in [5.41, 5.74) is 2.25. The van der Waals surface area contributed by atoms with Crippen LogP contribution in [0, 0.1) is 5.92 Å². The monoisotopic (exact) mass is 595 g/mol. The number of epoxide rings is 1. The van der Waals surface area contributed by atoms with Gasteiger partial charge in [0.2, 0.25) is 11.6 Å². The second kappa shape index (κ2) is 9.53. The van der Waals surface area contributed by atoms with E-state index in [4.69, 9.17) is 23.6 Å². The molecule has 0 radical (unpaired) electrons. The number of furan rings is 1. The highest BCUT2D eigenvalue weighted by molar-refractivity contribution is 6.05. The van der Waals surface area contributed by atoms with E-state index in [1.165, 1.54) is 0 Å². The molecule has 1 N–H and O–H groups in total. The van der Waals surface area contributed by atoms with Crippen molar-refractivity contribution in [3.63, 3.8) is 0 Å². The molecule has 6 heterocycles. The van der Waals surface area contributed by atoms with E-state index in [1.807, 2.05) is 24.3 Å². The Morgan fingerprint density at radius 3 is 2.65 bits per heavy atom. The first-order valence-corrected chi connectivity index (χ1v) is 14.3. The molecule has 3 saturated heterocycles. The van der Waals surface area contributed by atoms with Crippen molar-refractivity contribution in [3.8, 4) is 6.01 Å². The molecule has 8 rings (SSSR count). The number of nitrogens with zero attached hydrogens (tertiary/aromatic N) is 5. The Morgan fingerprint density at radius 2 is 1.86 bits per heavy atom. The lowest BCUT2D eigenvalue weighted by molar-refractivity contribution is -0.144. The third-order valence-electron chi connectivity index (χ3n) is 8.71. The van der Waals surface area contributed by atoms with E-state index in [9.17, 15) is 18.3 Å². The predicted molar refractivity (Wildman–Crippen MR) is 149 cm³/mol. The second-order valence-corrected chi connectivity index (χ2v) is 11.6. The van der Waals surface area contributed by atoms with E-state index in [-0.39, 0.29) is 48.4 Å². The first-order valence-electron chi connectivity index (χ1n) is 14.3. The maximum atomic E-state index is 14.1. The van der Waals surface area contributed by atoms with Crippen LogP contribution in [0.2, 0.25) is 0 Å². The molecule has 3 aliphatic heterocycles. The van der Waals surface area contributed by atoms with Gasteiger partial charge in [-0.05, 0) is 30.7 Å². The molecule has 224 valence electrons. The molecule has 3 aliphatic rings. The van der Waals surface area contributed by atoms with Crippen molar-refractivity contribution in [2.45, 2.75) is 49.9 Å². The van der Waals surface area contributed by atoms with Crippen molar-refractivity contribution in [3.05, 3.63) is 54.4 Å². The molecular formula is C30H28F3N5O5. The first kappa shape index (κ1) is 26.7. The summed E-state index contributed by atoms with van der Waals surface area (Å²) in [5, 5.41) is 11.6. The molecule has 0 amide bonds. The molecule has 0 saturated carbocycles. The summed E-state index contributed by atoms with van der Waals surface area (Å²) in [7, 11) is 0. The minimum atomic E-state index is -4.80. The molecule has 2 aromatic carbocycles. The largest absolute Gasteiger partial charge is 0.459 e. The van der Waals surface area contributed by atoms with E-state index in [1.54, 1.807) is 29.2 Å². The molecule has 0 spiro atoms. The van der Waals surface area contributed by atoms with E-state index >= 15 is 0 Å². The number of fused-ring (bicyclic) bond motifs is 4. The quantitative estimate of drug-likeness (QED) is 0.278. The molecule has 10 nitrogen and oxygen atoms in total. The van der Waals surface area contributed by atoms with Gasteiger partial charge in [-0.25, -0.2) is 9.97 Å². The van der Waals surface area contributed by atoms with Crippen molar-refractivity contribution in [2.75, 3.05) is 31.3 Å². The molecule has 0 bridgehead atoms. The van der Waals surface area contributed by atoms with Crippen LogP contribution in [-0.4, -0.2) is 68.9 Å². The van der Waals surface area contributed by atoms with Gasteiger partial charge in [-0.1, -0.05) is 31.2 Å². The van der Waals surface area contributed by atoms with E-state index < -0.39 is 29.9 Å². The Kier molecular flexibility index (Phi) is 5.91. The van der Waals surface area contributed by atoms with E-state index in [0.29, 0.717) is 30.2 Å². The number of para-hydroxylation sites is 3. The zero-order valence-electron chi connectivity index (χ0n) is 23.1. The standard InChI is InChI=1S/C30H28F3N5O5/c1-16-14-40-11-10-20(16)38-21-8-4-3-7-19(21)34-28(38)42-17-12-23(29(39)15-41-29)37(13-17)26-25-24(35-27(36-26)30(31,32)33)18-6-2-5-9-22(18)43-25/h2-9,16-17,20,23,39H,10-15H2,1H3/t16-,17-,20-,23-,29?/m0/s1. The molecular weight excluding hydrogens is 567 g/mol. The molecule has 5 aromatic rings. The molecule has 3 fully saturated rings. The number of alkyl halides is 3. The molecule has 0 aliphatic carbocycles. The zero-order chi connectivity index (χ0) is 29.5. The van der Waals surface area contributed by atoms with Gasteiger partial charge in [0, 0.05) is 30.4 Å². The van der Waals surface area contributed by atoms with Gasteiger partial charge in [0.1, 0.15) is 23.8 Å². The number of halogens is 3. The lowest BCUT2D eigenvalue weighted by Crippen LogP contribution is -2.42. The topological polar surface area (TPSA) is 111 Å². The zero-order valence-corrected chi connectivity index (χ0v) is 23.1. The average Bonchev–Trinajstić information content (AvgIpc) is 3.31. The Bertz CT molecular complexity index is 1850. The maximum Gasteiger partial charge on any atom is 0.451 e. The summed E-state index contributed by atoms with van der Waals surface area (Å²) in [4.78, 5) is 14.2. The highest BCUT2D eigenvalue weighted by Crippen LogP contribution is 2.44. The first-order chi connectivity index (χ1) is 20.7. The smallest absolute Gasteiger partial charge is 0.451 e. The van der Waals surface area contributed by atoms with Gasteiger partial charge in [-0.3, -0.25) is 4.57 Å². The summed E-state index contributed by atoms with van der Waals surface area (Å²) >= 11 is 0. The van der Waals surface area contributed by atoms with Crippen LogP contribution in [0.5, 0.6) is 6.01 Å². The van der Waals surface area contributed by atoms with Crippen LogP contribution in [0.15, 0.2) is 52.9 Å². The fraction of sp³-hybridized carbons (Fsp3) is 0.433. The van der Waals surface area contributed by atoms with E-state index in [2.05, 4.69) is 21.5 Å². The highest BCUT2D eigenvalue weighted by atomic mass is 19.4. The van der Waals surface area contributed by atoms with Crippen LogP contribution < -0.4 is 9.64 Å². The third kappa shape index (κ3) is 4.40. The molecule has 13 heteroatoms. The van der Waals surface area contributed by atoms with Crippen molar-refractivity contribution >= 4 is 38.9 Å². The van der Waals surface area contributed by atoms with Gasteiger partial charge >= 0.3 is 6.18 Å². The molecule has 1 unspecified atom stereocenters. The number of rotatable bonds is 5. The summed E-state index contributed by atoms with van der Waals surface area (Å²) in [6, 6.07) is 14.3. The Balaban J connectivity index is 1.21. The number of anilines is 1. The van der Waals surface area contributed by atoms with Crippen molar-refractivity contribution in [2.24, 2.45) is 5.92 Å². The summed E-state index contributed by atoms with van der Waals surface area (Å²) in [5.74, 6) is -2.70. The number of aromatic nitrogens is 4. The third-order valence-corrected chi connectivity index (χ3v) is 8.71. The van der Waals surface area contributed by atoms with Gasteiger partial charge in [0.25, 0.3) is 6.01 Å². The van der Waals surface area contributed by atoms with Gasteiger partial charge in [-0.2, -0.15) is 18.2 Å². The van der Waals surface area contributed by atoms with Gasteiger partial charge in [0.05, 0.1) is 30.2 Å². The number of imidazole rings is 1. The van der Waals surface area contributed by atoms with Crippen molar-refractivity contribution in [1.82, 2.24) is 19.5 Å². The Morgan fingerprint density at radius 1 is 1.07 bits per heavy atom. The van der Waals surface area contributed by atoms with Crippen molar-refractivity contribution in [1.29, 1.82) is 0 Å². The lowest BCUT2D eigenvalue weighted by Gasteiger charge is -2.31. The second-order valence-electron chi connectivity index (χ2n) is 11.6. The van der Waals surface area contributed by atoms with Gasteiger partial charge < -0.3 is 28.6 Å². The van der Waals surface area contributed by atoms with Crippen LogP contribution in [0.25, 0.3) is 33.1 Å². The van der Waals surface area contributed by atoms with Crippen LogP contribution in [-0.2, 0) is 15.7 Å². The van der Waals surface area contributed by atoms with Crippen LogP contribution in [0.3, 0.4) is 0 Å². The van der Waals surface area contributed by atoms with Crippen LogP contribution in [0.1, 0.15) is 31.6 Å². The van der Waals surface area contributed by atoms with Crippen molar-refractivity contribution < 1.29 is 36.9 Å². The summed E-state index contributed by atoms with van der Waals surface area (Å²) in [6.07, 6.45) is -4.30. The number of aliphatic hydroxyl groups is 1. The minimum Gasteiger partial charge on any atom is -0.459 e. The Labute approximate surface area is 243 Å². The van der Waals surface area contributed by atoms with Gasteiger partial charge in [-0.15, -0.1) is 0 Å². The minimum absolute atomic E-state index is 0.0411. The number of benzene rings is 2. The number of hydrogen-bond donors (Lipinski definition) is 1. The fourth-order valence-corrected chi connectivity index (χ4v) is 6.54. The SMILES string of the molecule is C[C@H]1COCC[C@@H]1n1c(O[C@H]2C[C@@H](C3(O)CO3)N(c3nc(C(F)(F)F)nc4c3oc3ccccc34)C2)nc2ccccc21. The molecule has 5 atom stereocenters. The predicted octanol–water partition coefficient (Wildman–Crippen LogP) is 5.09. The summed E-state index contributed by atoms with van der Waals surface area (Å²) < 4.78 is 68.0. The summed E-state index contributed by atoms with van der Waals surface area (Å²) in [6.45, 7) is 3.51. The highest BCUT2D eigenvalue weighted by Gasteiger charge is 2.57. The van der Waals surface area contributed by atoms with Crippen LogP contribution >= 0.6 is 0 Å². The number of ether oxygens (including phenoxy) is 3. The lowest BCUT2D eigenvalue weighted by atomic mass is 9.97. The fourth-order valence-electron chi connectivity index (χ4n) is 6.54. The normalized spacial score (nSPS) is 27.9. The van der Waals surface area contributed by atoms with Gasteiger partial charge in [0.15, 0.2) is 11.4 Å². The number of hydrogen-bond acceptors (Lipinski definition) is 9. The maximum absolute atomic E-state index is 14.1. The average molecular weight is 596 g/mol. The Hall–Kier alpha value is -3.94. The van der Waals surface area contributed by atoms with E-state index in [0.717, 1.165) is 17.5 Å². The van der Waals surface area contributed by atoms with Crippen LogP contribution in [0.4, 0.5) is 19.0 Å². The molecule has 3 aromatic heterocycles.